The van der Waals surface area contributed by atoms with E-state index < -0.39 is 6.04 Å². The molecule has 3 amide bonds. The van der Waals surface area contributed by atoms with Gasteiger partial charge in [0.2, 0.25) is 11.8 Å². The number of benzene rings is 1. The fourth-order valence-corrected chi connectivity index (χ4v) is 5.01. The van der Waals surface area contributed by atoms with Crippen LogP contribution >= 0.6 is 0 Å². The van der Waals surface area contributed by atoms with E-state index in [-0.39, 0.29) is 29.7 Å². The standard InChI is InChI=1S/C22H28N4O5/c27-19-4-3-18(20(28)24-19)26-11-16-2-1-15(9-17(16)21(26)29)10-25-6-8-31-14-22(25)12-23-5-7-30-13-22/h1-2,9,18,23H,3-8,10-14H2,(H,24,27,28). The molecule has 2 unspecified atom stereocenters. The van der Waals surface area contributed by atoms with Crippen LogP contribution in [-0.2, 0) is 32.2 Å². The molecule has 0 saturated carbocycles. The van der Waals surface area contributed by atoms with E-state index in [9.17, 15) is 14.4 Å². The zero-order valence-corrected chi connectivity index (χ0v) is 17.5. The van der Waals surface area contributed by atoms with Crippen molar-refractivity contribution in [3.8, 4) is 0 Å². The van der Waals surface area contributed by atoms with Crippen LogP contribution in [0.1, 0.15) is 34.3 Å². The molecule has 0 aliphatic carbocycles. The monoisotopic (exact) mass is 428 g/mol. The van der Waals surface area contributed by atoms with Crippen molar-refractivity contribution < 1.29 is 23.9 Å². The Balaban J connectivity index is 1.33. The number of carbonyl (C=O) groups excluding carboxylic acids is 3. The fourth-order valence-electron chi connectivity index (χ4n) is 5.01. The molecule has 1 aromatic carbocycles. The van der Waals surface area contributed by atoms with Gasteiger partial charge in [0.15, 0.2) is 0 Å². The van der Waals surface area contributed by atoms with Crippen LogP contribution in [-0.4, -0.2) is 85.2 Å². The van der Waals surface area contributed by atoms with Gasteiger partial charge in [-0.05, 0) is 23.6 Å². The summed E-state index contributed by atoms with van der Waals surface area (Å²) in [5.74, 6) is -0.791. The Morgan fingerprint density at radius 1 is 1.13 bits per heavy atom. The maximum atomic E-state index is 13.1. The first kappa shape index (κ1) is 20.6. The summed E-state index contributed by atoms with van der Waals surface area (Å²) in [4.78, 5) is 40.8. The Kier molecular flexibility index (Phi) is 5.51. The minimum atomic E-state index is -0.585. The van der Waals surface area contributed by atoms with Gasteiger partial charge >= 0.3 is 0 Å². The molecule has 9 heteroatoms. The number of ether oxygens (including phenoxy) is 2. The number of piperidine rings is 1. The lowest BCUT2D eigenvalue weighted by Crippen LogP contribution is -2.62. The molecule has 3 fully saturated rings. The lowest BCUT2D eigenvalue weighted by molar-refractivity contribution is -0.136. The van der Waals surface area contributed by atoms with Crippen LogP contribution in [0.3, 0.4) is 0 Å². The van der Waals surface area contributed by atoms with Crippen molar-refractivity contribution in [1.29, 1.82) is 0 Å². The molecule has 4 aliphatic rings. The summed E-state index contributed by atoms with van der Waals surface area (Å²) in [6.07, 6.45) is 0.636. The predicted molar refractivity (Wildman–Crippen MR) is 110 cm³/mol. The smallest absolute Gasteiger partial charge is 0.255 e. The lowest BCUT2D eigenvalue weighted by atomic mass is 9.96. The molecule has 4 aliphatic heterocycles. The van der Waals surface area contributed by atoms with Crippen molar-refractivity contribution >= 4 is 17.7 Å². The molecule has 0 aromatic heterocycles. The Bertz CT molecular complexity index is 896. The molecule has 0 radical (unpaired) electrons. The molecule has 0 bridgehead atoms. The summed E-state index contributed by atoms with van der Waals surface area (Å²) in [5, 5.41) is 5.80. The first-order valence-electron chi connectivity index (χ1n) is 10.9. The predicted octanol–water partition coefficient (Wildman–Crippen LogP) is -0.362. The first-order chi connectivity index (χ1) is 15.1. The molecule has 1 spiro atoms. The van der Waals surface area contributed by atoms with Gasteiger partial charge < -0.3 is 19.7 Å². The van der Waals surface area contributed by atoms with E-state index in [0.29, 0.717) is 51.5 Å². The maximum absolute atomic E-state index is 13.1. The summed E-state index contributed by atoms with van der Waals surface area (Å²) in [5.41, 5.74) is 2.42. The van der Waals surface area contributed by atoms with E-state index in [1.807, 2.05) is 12.1 Å². The van der Waals surface area contributed by atoms with Crippen LogP contribution in [0.4, 0.5) is 0 Å². The van der Waals surface area contributed by atoms with E-state index in [1.54, 1.807) is 4.90 Å². The van der Waals surface area contributed by atoms with E-state index in [0.717, 1.165) is 30.8 Å². The molecule has 4 heterocycles. The van der Waals surface area contributed by atoms with Crippen molar-refractivity contribution in [3.05, 3.63) is 34.9 Å². The summed E-state index contributed by atoms with van der Waals surface area (Å²) in [7, 11) is 0. The van der Waals surface area contributed by atoms with Gasteiger partial charge in [0.25, 0.3) is 5.91 Å². The van der Waals surface area contributed by atoms with Crippen LogP contribution < -0.4 is 10.6 Å². The van der Waals surface area contributed by atoms with Crippen molar-refractivity contribution in [2.45, 2.75) is 37.5 Å². The van der Waals surface area contributed by atoms with Crippen molar-refractivity contribution in [3.63, 3.8) is 0 Å². The average Bonchev–Trinajstić information content (AvgIpc) is 2.92. The van der Waals surface area contributed by atoms with Crippen molar-refractivity contribution in [2.24, 2.45) is 0 Å². The second-order valence-corrected chi connectivity index (χ2v) is 8.82. The van der Waals surface area contributed by atoms with Gasteiger partial charge in [0.05, 0.1) is 32.0 Å². The molecule has 1 aromatic rings. The van der Waals surface area contributed by atoms with E-state index >= 15 is 0 Å². The van der Waals surface area contributed by atoms with Crippen LogP contribution in [0, 0.1) is 0 Å². The van der Waals surface area contributed by atoms with E-state index in [4.69, 9.17) is 9.47 Å². The second-order valence-electron chi connectivity index (χ2n) is 8.82. The number of carbonyl (C=O) groups is 3. The third kappa shape index (κ3) is 3.87. The SMILES string of the molecule is O=C1CCC(N2Cc3ccc(CN4CCOCC45CNCCOC5)cc3C2=O)C(=O)N1. The van der Waals surface area contributed by atoms with Gasteiger partial charge in [-0.25, -0.2) is 0 Å². The highest BCUT2D eigenvalue weighted by atomic mass is 16.5. The zero-order chi connectivity index (χ0) is 21.4. The number of morpholine rings is 1. The van der Waals surface area contributed by atoms with E-state index in [1.165, 1.54) is 0 Å². The van der Waals surface area contributed by atoms with Gasteiger partial charge in [-0.15, -0.1) is 0 Å². The summed E-state index contributed by atoms with van der Waals surface area (Å²) in [6.45, 7) is 6.15. The van der Waals surface area contributed by atoms with Gasteiger partial charge in [-0.1, -0.05) is 12.1 Å². The fraction of sp³-hybridized carbons (Fsp3) is 0.591. The van der Waals surface area contributed by atoms with Gasteiger partial charge in [-0.2, -0.15) is 0 Å². The quantitative estimate of drug-likeness (QED) is 0.634. The third-order valence-corrected chi connectivity index (χ3v) is 6.76. The number of nitrogens with zero attached hydrogens (tertiary/aromatic N) is 2. The Hall–Kier alpha value is -2.33. The number of fused-ring (bicyclic) bond motifs is 1. The number of hydrogen-bond donors (Lipinski definition) is 2. The highest BCUT2D eigenvalue weighted by Crippen LogP contribution is 2.30. The summed E-state index contributed by atoms with van der Waals surface area (Å²) in [6, 6.07) is 5.42. The van der Waals surface area contributed by atoms with Gasteiger partial charge in [-0.3, -0.25) is 24.6 Å². The highest BCUT2D eigenvalue weighted by Gasteiger charge is 2.42. The van der Waals surface area contributed by atoms with Crippen LogP contribution in [0.2, 0.25) is 0 Å². The normalized spacial score (nSPS) is 29.7. The van der Waals surface area contributed by atoms with Gasteiger partial charge in [0, 0.05) is 44.7 Å². The first-order valence-corrected chi connectivity index (χ1v) is 10.9. The summed E-state index contributed by atoms with van der Waals surface area (Å²) < 4.78 is 11.6. The summed E-state index contributed by atoms with van der Waals surface area (Å²) >= 11 is 0. The molecular formula is C22H28N4O5. The van der Waals surface area contributed by atoms with Gasteiger partial charge in [0.1, 0.15) is 6.04 Å². The minimum Gasteiger partial charge on any atom is -0.378 e. The molecule has 3 saturated heterocycles. The molecule has 5 rings (SSSR count). The topological polar surface area (TPSA) is 100 Å². The number of imide groups is 1. The van der Waals surface area contributed by atoms with Crippen LogP contribution in [0.5, 0.6) is 0 Å². The lowest BCUT2D eigenvalue weighted by Gasteiger charge is -2.46. The number of hydrogen-bond acceptors (Lipinski definition) is 7. The minimum absolute atomic E-state index is 0.137. The zero-order valence-electron chi connectivity index (χ0n) is 17.5. The Morgan fingerprint density at radius 2 is 1.97 bits per heavy atom. The number of amides is 3. The molecule has 31 heavy (non-hydrogen) atoms. The largest absolute Gasteiger partial charge is 0.378 e. The molecule has 2 atom stereocenters. The number of nitrogens with one attached hydrogen (secondary N) is 2. The Labute approximate surface area is 181 Å². The van der Waals surface area contributed by atoms with E-state index in [2.05, 4.69) is 21.6 Å². The molecule has 166 valence electrons. The number of rotatable bonds is 3. The highest BCUT2D eigenvalue weighted by molar-refractivity contribution is 6.05. The van der Waals surface area contributed by atoms with Crippen LogP contribution in [0.15, 0.2) is 18.2 Å². The van der Waals surface area contributed by atoms with Crippen molar-refractivity contribution in [2.75, 3.05) is 46.1 Å². The molecule has 9 nitrogen and oxygen atoms in total. The second kappa shape index (κ2) is 8.31. The third-order valence-electron chi connectivity index (χ3n) is 6.76. The van der Waals surface area contributed by atoms with Crippen LogP contribution in [0.25, 0.3) is 0 Å². The Morgan fingerprint density at radius 3 is 2.81 bits per heavy atom. The molecule has 2 N–H and O–H groups in total. The average molecular weight is 428 g/mol. The molecular weight excluding hydrogens is 400 g/mol. The van der Waals surface area contributed by atoms with Crippen molar-refractivity contribution in [1.82, 2.24) is 20.4 Å². The maximum Gasteiger partial charge on any atom is 0.255 e.